The Morgan fingerprint density at radius 3 is 0.955 bits per heavy atom. The first-order valence-corrected chi connectivity index (χ1v) is 22.3. The van der Waals surface area contributed by atoms with Gasteiger partial charge in [-0.1, -0.05) is 121 Å². The van der Waals surface area contributed by atoms with Crippen molar-refractivity contribution in [1.82, 2.24) is 19.1 Å². The van der Waals surface area contributed by atoms with Crippen molar-refractivity contribution < 1.29 is 0 Å². The van der Waals surface area contributed by atoms with E-state index in [0.717, 1.165) is 100 Å². The van der Waals surface area contributed by atoms with E-state index in [9.17, 15) is 0 Å². The minimum absolute atomic E-state index is 0.829. The van der Waals surface area contributed by atoms with Gasteiger partial charge < -0.3 is 18.9 Å². The number of nitrogens with zero attached hydrogens (tertiary/aromatic N) is 6. The molecule has 6 nitrogen and oxygen atoms in total. The maximum atomic E-state index is 5.50. The normalized spacial score (nSPS) is 11.6. The smallest absolute Gasteiger partial charge is 0.116 e. The second-order valence-electron chi connectivity index (χ2n) is 16.6. The van der Waals surface area contributed by atoms with Crippen LogP contribution in [0.2, 0.25) is 0 Å². The molecular formula is C60H40N6. The average molecular weight is 845 g/mol. The third-order valence-electron chi connectivity index (χ3n) is 12.8. The average Bonchev–Trinajstić information content (AvgIpc) is 3.89. The number of benzene rings is 10. The van der Waals surface area contributed by atoms with Crippen molar-refractivity contribution >= 4 is 99.8 Å². The highest BCUT2D eigenvalue weighted by atomic mass is 15.1. The lowest BCUT2D eigenvalue weighted by Crippen LogP contribution is -2.09. The summed E-state index contributed by atoms with van der Waals surface area (Å²) < 4.78 is 4.75. The molecule has 10 aromatic carbocycles. The molecule has 13 rings (SSSR count). The Morgan fingerprint density at radius 1 is 0.258 bits per heavy atom. The summed E-state index contributed by atoms with van der Waals surface area (Å²) in [6.45, 7) is 0. The quantitative estimate of drug-likeness (QED) is 0.143. The Balaban J connectivity index is 1.04. The highest BCUT2D eigenvalue weighted by Crippen LogP contribution is 2.43. The van der Waals surface area contributed by atoms with Gasteiger partial charge >= 0.3 is 0 Å². The van der Waals surface area contributed by atoms with Gasteiger partial charge in [-0.25, -0.2) is 9.97 Å². The first-order valence-electron chi connectivity index (χ1n) is 22.3. The minimum Gasteiger partial charge on any atom is -0.310 e. The van der Waals surface area contributed by atoms with Crippen molar-refractivity contribution in [2.75, 3.05) is 9.80 Å². The molecule has 6 heteroatoms. The van der Waals surface area contributed by atoms with Crippen LogP contribution >= 0.6 is 0 Å². The van der Waals surface area contributed by atoms with E-state index < -0.39 is 0 Å². The molecule has 3 aromatic heterocycles. The van der Waals surface area contributed by atoms with Gasteiger partial charge in [0.2, 0.25) is 0 Å². The van der Waals surface area contributed by atoms with Gasteiger partial charge in [-0.15, -0.1) is 0 Å². The number of hydrogen-bond acceptors (Lipinski definition) is 4. The number of rotatable bonds is 8. The third-order valence-corrected chi connectivity index (χ3v) is 12.8. The van der Waals surface area contributed by atoms with Gasteiger partial charge in [0.15, 0.2) is 0 Å². The van der Waals surface area contributed by atoms with Gasteiger partial charge in [-0.05, 0) is 121 Å². The van der Waals surface area contributed by atoms with E-state index in [1.165, 1.54) is 10.8 Å². The highest BCUT2D eigenvalue weighted by molar-refractivity contribution is 6.14. The Labute approximate surface area is 381 Å². The molecule has 0 saturated carbocycles. The monoisotopic (exact) mass is 844 g/mol. The molecule has 0 aliphatic rings. The zero-order valence-corrected chi connectivity index (χ0v) is 35.8. The van der Waals surface area contributed by atoms with Gasteiger partial charge in [-0.3, -0.25) is 0 Å². The van der Waals surface area contributed by atoms with Crippen LogP contribution in [0.25, 0.3) is 77.1 Å². The summed E-state index contributed by atoms with van der Waals surface area (Å²) in [6.07, 6.45) is 0. The maximum absolute atomic E-state index is 5.50. The predicted molar refractivity (Wildman–Crippen MR) is 275 cm³/mol. The molecule has 0 spiro atoms. The molecule has 310 valence electrons. The summed E-state index contributed by atoms with van der Waals surface area (Å²) in [5.41, 5.74) is 16.2. The topological polar surface area (TPSA) is 42.1 Å². The molecule has 66 heavy (non-hydrogen) atoms. The van der Waals surface area contributed by atoms with Crippen LogP contribution < -0.4 is 9.80 Å². The number of hydrogen-bond donors (Lipinski definition) is 0. The summed E-state index contributed by atoms with van der Waals surface area (Å²) in [5.74, 6) is 0. The van der Waals surface area contributed by atoms with Crippen LogP contribution in [0.3, 0.4) is 0 Å². The maximum Gasteiger partial charge on any atom is 0.116 e. The van der Waals surface area contributed by atoms with Crippen LogP contribution in [0, 0.1) is 0 Å². The van der Waals surface area contributed by atoms with Crippen molar-refractivity contribution in [3.05, 3.63) is 243 Å². The second kappa shape index (κ2) is 15.4. The Hall–Kier alpha value is -9.00. The van der Waals surface area contributed by atoms with E-state index in [0.29, 0.717) is 0 Å². The lowest BCUT2D eigenvalue weighted by molar-refractivity contribution is 1.15. The number of aromatic nitrogens is 4. The fourth-order valence-electron chi connectivity index (χ4n) is 9.96. The summed E-state index contributed by atoms with van der Waals surface area (Å²) >= 11 is 0. The summed E-state index contributed by atoms with van der Waals surface area (Å²) in [6, 6.07) is 86.1. The minimum atomic E-state index is 0.829. The molecular weight excluding hydrogens is 805 g/mol. The van der Waals surface area contributed by atoms with Gasteiger partial charge in [0.25, 0.3) is 0 Å². The number of para-hydroxylation sites is 8. The molecule has 0 saturated heterocycles. The first-order chi connectivity index (χ1) is 32.8. The Morgan fingerprint density at radius 2 is 0.576 bits per heavy atom. The van der Waals surface area contributed by atoms with E-state index in [1.54, 1.807) is 0 Å². The highest BCUT2D eigenvalue weighted by Gasteiger charge is 2.23. The van der Waals surface area contributed by atoms with Crippen LogP contribution in [0.15, 0.2) is 243 Å². The van der Waals surface area contributed by atoms with E-state index in [2.05, 4.69) is 249 Å². The predicted octanol–water partition coefficient (Wildman–Crippen LogP) is 15.9. The third kappa shape index (κ3) is 6.04. The van der Waals surface area contributed by atoms with Crippen LogP contribution in [0.4, 0.5) is 34.1 Å². The molecule has 0 aliphatic heterocycles. The molecule has 0 atom stereocenters. The zero-order valence-electron chi connectivity index (χ0n) is 35.8. The summed E-state index contributed by atoms with van der Waals surface area (Å²) in [4.78, 5) is 15.6. The van der Waals surface area contributed by atoms with Crippen LogP contribution in [0.1, 0.15) is 0 Å². The standard InChI is InChI=1S/C60H40N6/c1-5-19-41(20-6-1)63(42-21-7-2-8-22-42)45-33-35-55-49(39-45)47-27-13-17-31-53(47)65(55)57-37-38-58(60-59(57)61-51-29-15-16-30-52(51)62-60)66-54-32-18-14-28-48(54)50-40-46(34-36-56(50)66)64(43-23-9-3-10-24-43)44-25-11-4-12-26-44/h1-40H. The fourth-order valence-corrected chi connectivity index (χ4v) is 9.96. The molecule has 0 amide bonds. The van der Waals surface area contributed by atoms with Crippen LogP contribution in [0.5, 0.6) is 0 Å². The van der Waals surface area contributed by atoms with Gasteiger partial charge in [-0.2, -0.15) is 0 Å². The SMILES string of the molecule is c1ccc(N(c2ccccc2)c2ccc3c(c2)c2ccccc2n3-c2ccc(-n3c4ccccc4c4cc(N(c5ccccc5)c5ccccc5)ccc43)c3nc4ccccc4nc23)cc1. The van der Waals surface area contributed by atoms with E-state index in [1.807, 2.05) is 12.1 Å². The molecule has 0 radical (unpaired) electrons. The zero-order chi connectivity index (χ0) is 43.6. The van der Waals surface area contributed by atoms with Gasteiger partial charge in [0.1, 0.15) is 11.0 Å². The Bertz CT molecular complexity index is 3600. The lowest BCUT2D eigenvalue weighted by Gasteiger charge is -2.25. The summed E-state index contributed by atoms with van der Waals surface area (Å²) in [7, 11) is 0. The molecule has 0 bridgehead atoms. The van der Waals surface area contributed by atoms with Crippen molar-refractivity contribution in [2.24, 2.45) is 0 Å². The summed E-state index contributed by atoms with van der Waals surface area (Å²) in [5, 5.41) is 4.65. The lowest BCUT2D eigenvalue weighted by atomic mass is 10.1. The van der Waals surface area contributed by atoms with E-state index in [4.69, 9.17) is 9.97 Å². The molecule has 13 aromatic rings. The largest absolute Gasteiger partial charge is 0.310 e. The van der Waals surface area contributed by atoms with Crippen molar-refractivity contribution in [1.29, 1.82) is 0 Å². The van der Waals surface area contributed by atoms with E-state index in [-0.39, 0.29) is 0 Å². The molecule has 0 N–H and O–H groups in total. The second-order valence-corrected chi connectivity index (χ2v) is 16.6. The fraction of sp³-hybridized carbons (Fsp3) is 0. The molecule has 0 aliphatic carbocycles. The van der Waals surface area contributed by atoms with Crippen molar-refractivity contribution in [2.45, 2.75) is 0 Å². The molecule has 3 heterocycles. The Kier molecular flexibility index (Phi) is 8.74. The number of anilines is 6. The molecule has 0 fully saturated rings. The van der Waals surface area contributed by atoms with Crippen molar-refractivity contribution in [3.8, 4) is 11.4 Å². The molecule has 0 unspecified atom stereocenters. The van der Waals surface area contributed by atoms with Crippen LogP contribution in [-0.4, -0.2) is 19.1 Å². The number of fused-ring (bicyclic) bond motifs is 8. The first kappa shape index (κ1) is 37.5. The van der Waals surface area contributed by atoms with Crippen LogP contribution in [-0.2, 0) is 0 Å². The van der Waals surface area contributed by atoms with Gasteiger partial charge in [0, 0.05) is 55.7 Å². The van der Waals surface area contributed by atoms with Gasteiger partial charge in [0.05, 0.1) is 44.5 Å². The van der Waals surface area contributed by atoms with Crippen molar-refractivity contribution in [3.63, 3.8) is 0 Å². The van der Waals surface area contributed by atoms with E-state index >= 15 is 0 Å².